The number of carbonyl (C=O) groups excluding carboxylic acids is 1. The number of carbonyl (C=O) groups is 1. The minimum absolute atomic E-state index is 0.139. The van der Waals surface area contributed by atoms with Gasteiger partial charge in [-0.3, -0.25) is 9.10 Å². The molecule has 0 spiro atoms. The van der Waals surface area contributed by atoms with Crippen LogP contribution in [0.15, 0.2) is 47.4 Å². The van der Waals surface area contributed by atoms with E-state index in [0.29, 0.717) is 23.3 Å². The predicted octanol–water partition coefficient (Wildman–Crippen LogP) is 3.62. The van der Waals surface area contributed by atoms with Crippen LogP contribution in [-0.4, -0.2) is 77.0 Å². The number of hydrogen-bond donors (Lipinski definition) is 1. The fraction of sp³-hybridized carbons (Fsp3) is 0.458. The molecule has 0 saturated carbocycles. The Hall–Kier alpha value is -2.34. The van der Waals surface area contributed by atoms with Gasteiger partial charge in [0.1, 0.15) is 6.54 Å². The van der Waals surface area contributed by atoms with Crippen molar-refractivity contribution in [3.63, 3.8) is 0 Å². The zero-order valence-electron chi connectivity index (χ0n) is 20.2. The van der Waals surface area contributed by atoms with Crippen molar-refractivity contribution in [2.24, 2.45) is 0 Å². The van der Waals surface area contributed by atoms with Crippen LogP contribution in [0.5, 0.6) is 0 Å². The van der Waals surface area contributed by atoms with Gasteiger partial charge >= 0.3 is 6.18 Å². The van der Waals surface area contributed by atoms with Gasteiger partial charge in [0, 0.05) is 32.7 Å². The molecule has 2 aromatic rings. The molecule has 0 atom stereocenters. The molecule has 1 N–H and O–H groups in total. The van der Waals surface area contributed by atoms with Gasteiger partial charge < -0.3 is 15.1 Å². The van der Waals surface area contributed by atoms with E-state index < -0.39 is 39.2 Å². The molecule has 0 aromatic heterocycles. The molecule has 7 nitrogen and oxygen atoms in total. The van der Waals surface area contributed by atoms with Crippen molar-refractivity contribution in [2.45, 2.75) is 24.4 Å². The fourth-order valence-corrected chi connectivity index (χ4v) is 5.46. The van der Waals surface area contributed by atoms with Crippen molar-refractivity contribution in [1.29, 1.82) is 0 Å². The number of hydrogen-bond acceptors (Lipinski definition) is 5. The zero-order chi connectivity index (χ0) is 26.5. The lowest BCUT2D eigenvalue weighted by Crippen LogP contribution is -2.45. The topological polar surface area (TPSA) is 73.0 Å². The van der Waals surface area contributed by atoms with E-state index in [1.54, 1.807) is 19.1 Å². The minimum Gasteiger partial charge on any atom is -0.354 e. The van der Waals surface area contributed by atoms with Gasteiger partial charge in [0.25, 0.3) is 10.0 Å². The van der Waals surface area contributed by atoms with Crippen molar-refractivity contribution < 1.29 is 26.4 Å². The summed E-state index contributed by atoms with van der Waals surface area (Å²) < 4.78 is 67.9. The number of amides is 1. The van der Waals surface area contributed by atoms with Gasteiger partial charge in [-0.25, -0.2) is 8.42 Å². The number of nitrogens with one attached hydrogen (secondary N) is 1. The summed E-state index contributed by atoms with van der Waals surface area (Å²) in [5.41, 5.74) is -0.678. The molecule has 198 valence electrons. The lowest BCUT2D eigenvalue weighted by atomic mass is 10.2. The van der Waals surface area contributed by atoms with E-state index in [4.69, 9.17) is 11.6 Å². The number of likely N-dealkylation sites (N-methyl/N-ethyl adjacent to an activating group) is 1. The molecular formula is C24H30ClF3N4O3S. The Morgan fingerprint density at radius 1 is 1.08 bits per heavy atom. The molecule has 12 heteroatoms. The third-order valence-electron chi connectivity index (χ3n) is 6.01. The number of anilines is 1. The number of nitrogens with zero attached hydrogens (tertiary/aromatic N) is 3. The maximum atomic E-state index is 13.5. The monoisotopic (exact) mass is 546 g/mol. The van der Waals surface area contributed by atoms with Gasteiger partial charge in [-0.05, 0) is 57.3 Å². The van der Waals surface area contributed by atoms with E-state index in [2.05, 4.69) is 22.2 Å². The molecule has 0 bridgehead atoms. The largest absolute Gasteiger partial charge is 0.417 e. The summed E-state index contributed by atoms with van der Waals surface area (Å²) in [7, 11) is -2.28. The molecule has 0 unspecified atom stereocenters. The number of piperazine rings is 1. The van der Waals surface area contributed by atoms with Gasteiger partial charge in [-0.15, -0.1) is 0 Å². The van der Waals surface area contributed by atoms with Crippen LogP contribution in [0.4, 0.5) is 18.9 Å². The molecule has 36 heavy (non-hydrogen) atoms. The fourth-order valence-electron chi connectivity index (χ4n) is 3.83. The minimum atomic E-state index is -4.79. The van der Waals surface area contributed by atoms with Crippen LogP contribution in [0, 0.1) is 6.92 Å². The third kappa shape index (κ3) is 7.34. The highest BCUT2D eigenvalue weighted by atomic mass is 35.5. The van der Waals surface area contributed by atoms with Gasteiger partial charge in [-0.2, -0.15) is 13.2 Å². The summed E-state index contributed by atoms with van der Waals surface area (Å²) in [5.74, 6) is -0.618. The number of halogens is 4. The third-order valence-corrected chi connectivity index (χ3v) is 8.13. The second kappa shape index (κ2) is 11.8. The molecule has 1 aliphatic rings. The molecule has 1 saturated heterocycles. The summed E-state index contributed by atoms with van der Waals surface area (Å²) in [6, 6.07) is 8.64. The van der Waals surface area contributed by atoms with Gasteiger partial charge in [-0.1, -0.05) is 29.3 Å². The number of rotatable bonds is 9. The quantitative estimate of drug-likeness (QED) is 0.487. The molecule has 0 aliphatic carbocycles. The summed E-state index contributed by atoms with van der Waals surface area (Å²) >= 11 is 5.72. The van der Waals surface area contributed by atoms with Crippen LogP contribution in [0.1, 0.15) is 17.5 Å². The summed E-state index contributed by atoms with van der Waals surface area (Å²) in [6.45, 7) is 6.01. The SMILES string of the molecule is Cc1ccc(S(=O)(=O)N(CC(=O)NCCCN2CCN(C)CC2)c2ccc(Cl)c(C(F)(F)F)c2)cc1. The van der Waals surface area contributed by atoms with Crippen molar-refractivity contribution >= 4 is 33.2 Å². The Labute approximate surface area is 214 Å². The molecule has 2 aromatic carbocycles. The van der Waals surface area contributed by atoms with Crippen molar-refractivity contribution in [3.05, 3.63) is 58.6 Å². The van der Waals surface area contributed by atoms with E-state index >= 15 is 0 Å². The smallest absolute Gasteiger partial charge is 0.354 e. The maximum absolute atomic E-state index is 13.5. The molecule has 0 radical (unpaired) electrons. The second-order valence-electron chi connectivity index (χ2n) is 8.84. The van der Waals surface area contributed by atoms with Crippen LogP contribution >= 0.6 is 11.6 Å². The van der Waals surface area contributed by atoms with E-state index in [9.17, 15) is 26.4 Å². The molecule has 1 fully saturated rings. The Morgan fingerprint density at radius 2 is 1.72 bits per heavy atom. The Kier molecular flexibility index (Phi) is 9.26. The second-order valence-corrected chi connectivity index (χ2v) is 11.1. The van der Waals surface area contributed by atoms with Crippen molar-refractivity contribution in [2.75, 3.05) is 57.2 Å². The highest BCUT2D eigenvalue weighted by molar-refractivity contribution is 7.92. The summed E-state index contributed by atoms with van der Waals surface area (Å²) in [6.07, 6.45) is -4.13. The molecular weight excluding hydrogens is 517 g/mol. The van der Waals surface area contributed by atoms with Crippen LogP contribution in [-0.2, 0) is 21.0 Å². The normalized spacial score (nSPS) is 15.6. The van der Waals surface area contributed by atoms with Crippen molar-refractivity contribution in [3.8, 4) is 0 Å². The van der Waals surface area contributed by atoms with Crippen LogP contribution in [0.3, 0.4) is 0 Å². The van der Waals surface area contributed by atoms with E-state index in [1.165, 1.54) is 12.1 Å². The molecule has 1 amide bonds. The first-order valence-electron chi connectivity index (χ1n) is 11.5. The first kappa shape index (κ1) is 28.2. The molecule has 1 heterocycles. The standard InChI is InChI=1S/C24H30ClF3N4O3S/c1-18-4-7-20(8-5-18)36(34,35)32(19-6-9-22(25)21(16-19)24(26,27)28)17-23(33)29-10-3-11-31-14-12-30(2)13-15-31/h4-9,16H,3,10-15,17H2,1-2H3,(H,29,33). The van der Waals surface area contributed by atoms with Crippen LogP contribution in [0.2, 0.25) is 5.02 Å². The molecule has 3 rings (SSSR count). The highest BCUT2D eigenvalue weighted by Crippen LogP contribution is 2.38. The van der Waals surface area contributed by atoms with Gasteiger partial charge in [0.05, 0.1) is 21.2 Å². The van der Waals surface area contributed by atoms with Gasteiger partial charge in [0.15, 0.2) is 0 Å². The van der Waals surface area contributed by atoms with E-state index in [1.807, 2.05) is 0 Å². The van der Waals surface area contributed by atoms with Crippen LogP contribution < -0.4 is 9.62 Å². The van der Waals surface area contributed by atoms with E-state index in [0.717, 1.165) is 50.4 Å². The average molecular weight is 547 g/mol. The lowest BCUT2D eigenvalue weighted by molar-refractivity contribution is -0.137. The number of aryl methyl sites for hydroxylation is 1. The van der Waals surface area contributed by atoms with Gasteiger partial charge in [0.2, 0.25) is 5.91 Å². The van der Waals surface area contributed by atoms with Crippen LogP contribution in [0.25, 0.3) is 0 Å². The Balaban J connectivity index is 1.77. The first-order chi connectivity index (χ1) is 16.9. The highest BCUT2D eigenvalue weighted by Gasteiger charge is 2.35. The first-order valence-corrected chi connectivity index (χ1v) is 13.3. The predicted molar refractivity (Wildman–Crippen MR) is 134 cm³/mol. The zero-order valence-corrected chi connectivity index (χ0v) is 21.8. The number of benzene rings is 2. The maximum Gasteiger partial charge on any atom is 0.417 e. The summed E-state index contributed by atoms with van der Waals surface area (Å²) in [4.78, 5) is 17.1. The summed E-state index contributed by atoms with van der Waals surface area (Å²) in [5, 5.41) is 2.13. The average Bonchev–Trinajstić information content (AvgIpc) is 2.81. The molecule has 1 aliphatic heterocycles. The lowest BCUT2D eigenvalue weighted by Gasteiger charge is -2.32. The number of sulfonamides is 1. The van der Waals surface area contributed by atoms with Crippen molar-refractivity contribution in [1.82, 2.24) is 15.1 Å². The Bertz CT molecular complexity index is 1150. The Morgan fingerprint density at radius 3 is 2.33 bits per heavy atom. The number of alkyl halides is 3. The van der Waals surface area contributed by atoms with E-state index in [-0.39, 0.29) is 10.6 Å².